The molecule has 19 heavy (non-hydrogen) atoms. The van der Waals surface area contributed by atoms with Crippen molar-refractivity contribution < 1.29 is 4.92 Å². The lowest BCUT2D eigenvalue weighted by Gasteiger charge is -2.01. The van der Waals surface area contributed by atoms with E-state index in [4.69, 9.17) is 11.6 Å². The molecule has 0 unspecified atom stereocenters. The first-order valence-corrected chi connectivity index (χ1v) is 5.84. The molecule has 5 nitrogen and oxygen atoms in total. The van der Waals surface area contributed by atoms with E-state index in [1.54, 1.807) is 30.7 Å². The van der Waals surface area contributed by atoms with Crippen molar-refractivity contribution in [1.82, 2.24) is 9.97 Å². The molecular weight excluding hydrogens is 266 g/mol. The molecular formula is C13H10ClN3O2. The Hall–Kier alpha value is -2.27. The maximum Gasteiger partial charge on any atom is 0.287 e. The number of nitro benzene ring substituents is 1. The number of halogens is 1. The Labute approximate surface area is 114 Å². The molecule has 0 atom stereocenters. The minimum absolute atomic E-state index is 0.101. The third kappa shape index (κ3) is 3.14. The van der Waals surface area contributed by atoms with E-state index in [9.17, 15) is 10.1 Å². The van der Waals surface area contributed by atoms with Crippen molar-refractivity contribution in [3.63, 3.8) is 0 Å². The predicted octanol–water partition coefficient (Wildman–Crippen LogP) is 3.60. The Bertz CT molecular complexity index is 642. The molecule has 2 aromatic rings. The van der Waals surface area contributed by atoms with E-state index in [1.165, 1.54) is 6.07 Å². The summed E-state index contributed by atoms with van der Waals surface area (Å²) in [5, 5.41) is 10.8. The normalized spacial score (nSPS) is 11.4. The summed E-state index contributed by atoms with van der Waals surface area (Å²) < 4.78 is 0. The Morgan fingerprint density at radius 2 is 2.21 bits per heavy atom. The molecule has 0 saturated heterocycles. The number of aromatic nitrogens is 2. The topological polar surface area (TPSA) is 68.9 Å². The van der Waals surface area contributed by atoms with Crippen LogP contribution in [0.5, 0.6) is 0 Å². The fourth-order valence-corrected chi connectivity index (χ4v) is 1.85. The van der Waals surface area contributed by atoms with Crippen molar-refractivity contribution in [3.8, 4) is 0 Å². The molecule has 0 aliphatic carbocycles. The molecule has 1 heterocycles. The highest BCUT2D eigenvalue weighted by atomic mass is 35.5. The lowest BCUT2D eigenvalue weighted by atomic mass is 10.1. The van der Waals surface area contributed by atoms with Crippen LogP contribution >= 0.6 is 11.6 Å². The monoisotopic (exact) mass is 275 g/mol. The van der Waals surface area contributed by atoms with Crippen molar-refractivity contribution in [3.05, 3.63) is 63.2 Å². The molecule has 0 amide bonds. The Morgan fingerprint density at radius 3 is 2.79 bits per heavy atom. The fraction of sp³-hybridized carbons (Fsp3) is 0.0769. The highest BCUT2D eigenvalue weighted by Crippen LogP contribution is 2.26. The van der Waals surface area contributed by atoms with Crippen LogP contribution in [0.2, 0.25) is 5.02 Å². The zero-order chi connectivity index (χ0) is 13.8. The zero-order valence-corrected chi connectivity index (χ0v) is 10.8. The quantitative estimate of drug-likeness (QED) is 0.634. The van der Waals surface area contributed by atoms with E-state index in [0.717, 1.165) is 16.8 Å². The number of hydrogen-bond donors (Lipinski definition) is 0. The average Bonchev–Trinajstić information content (AvgIpc) is 2.39. The van der Waals surface area contributed by atoms with Gasteiger partial charge in [-0.3, -0.25) is 20.1 Å². The second-order valence-electron chi connectivity index (χ2n) is 3.89. The first kappa shape index (κ1) is 13.2. The maximum absolute atomic E-state index is 10.7. The van der Waals surface area contributed by atoms with Crippen LogP contribution < -0.4 is 0 Å². The molecule has 0 N–H and O–H groups in total. The first-order chi connectivity index (χ1) is 9.08. The van der Waals surface area contributed by atoms with Gasteiger partial charge >= 0.3 is 0 Å². The summed E-state index contributed by atoms with van der Waals surface area (Å²) in [6.07, 6.45) is 6.70. The third-order valence-corrected chi connectivity index (χ3v) is 2.82. The van der Waals surface area contributed by atoms with Crippen molar-refractivity contribution in [2.75, 3.05) is 0 Å². The SMILES string of the molecule is C/C(=C/c1ccc([N+](=O)[O-])c(Cl)c1)c1cnccn1. The third-order valence-electron chi connectivity index (χ3n) is 2.52. The highest BCUT2D eigenvalue weighted by Gasteiger charge is 2.11. The molecule has 0 bridgehead atoms. The van der Waals surface area contributed by atoms with E-state index in [1.807, 2.05) is 13.0 Å². The van der Waals surface area contributed by atoms with Crippen molar-refractivity contribution >= 4 is 28.9 Å². The number of benzene rings is 1. The van der Waals surface area contributed by atoms with Crippen molar-refractivity contribution in [1.29, 1.82) is 0 Å². The molecule has 0 fully saturated rings. The molecule has 0 aliphatic heterocycles. The maximum atomic E-state index is 10.7. The summed E-state index contributed by atoms with van der Waals surface area (Å²) in [6.45, 7) is 1.89. The second kappa shape index (κ2) is 5.58. The summed E-state index contributed by atoms with van der Waals surface area (Å²) >= 11 is 5.85. The molecule has 0 saturated carbocycles. The van der Waals surface area contributed by atoms with Crippen molar-refractivity contribution in [2.45, 2.75) is 6.92 Å². The molecule has 96 valence electrons. The van der Waals surface area contributed by atoms with Gasteiger partial charge in [-0.05, 0) is 36.3 Å². The predicted molar refractivity (Wildman–Crippen MR) is 73.7 cm³/mol. The van der Waals surface area contributed by atoms with Gasteiger partial charge in [-0.25, -0.2) is 0 Å². The van der Waals surface area contributed by atoms with Crippen LogP contribution in [0.3, 0.4) is 0 Å². The largest absolute Gasteiger partial charge is 0.287 e. The Kier molecular flexibility index (Phi) is 3.87. The van der Waals surface area contributed by atoms with Crippen LogP contribution in [0.15, 0.2) is 36.8 Å². The van der Waals surface area contributed by atoms with E-state index < -0.39 is 4.92 Å². The summed E-state index contributed by atoms with van der Waals surface area (Å²) in [5.41, 5.74) is 2.32. The highest BCUT2D eigenvalue weighted by molar-refractivity contribution is 6.32. The average molecular weight is 276 g/mol. The van der Waals surface area contributed by atoms with Crippen LogP contribution in [-0.2, 0) is 0 Å². The van der Waals surface area contributed by atoms with Crippen LogP contribution in [0.25, 0.3) is 11.6 Å². The molecule has 0 spiro atoms. The smallest absolute Gasteiger partial charge is 0.261 e. The van der Waals surface area contributed by atoms with E-state index >= 15 is 0 Å². The number of allylic oxidation sites excluding steroid dienone is 1. The van der Waals surface area contributed by atoms with E-state index in [-0.39, 0.29) is 10.7 Å². The lowest BCUT2D eigenvalue weighted by Crippen LogP contribution is -1.90. The van der Waals surface area contributed by atoms with Gasteiger partial charge < -0.3 is 0 Å². The second-order valence-corrected chi connectivity index (χ2v) is 4.29. The Morgan fingerprint density at radius 1 is 1.42 bits per heavy atom. The summed E-state index contributed by atoms with van der Waals surface area (Å²) in [5.74, 6) is 0. The van der Waals surface area contributed by atoms with Gasteiger partial charge in [-0.1, -0.05) is 11.6 Å². The minimum atomic E-state index is -0.509. The van der Waals surface area contributed by atoms with Crippen LogP contribution in [-0.4, -0.2) is 14.9 Å². The number of hydrogen-bond acceptors (Lipinski definition) is 4. The zero-order valence-electron chi connectivity index (χ0n) is 10.1. The molecule has 2 rings (SSSR count). The van der Waals surface area contributed by atoms with Crippen LogP contribution in [0, 0.1) is 10.1 Å². The van der Waals surface area contributed by atoms with Crippen molar-refractivity contribution in [2.24, 2.45) is 0 Å². The summed E-state index contributed by atoms with van der Waals surface area (Å²) in [4.78, 5) is 18.3. The summed E-state index contributed by atoms with van der Waals surface area (Å²) in [6, 6.07) is 4.58. The fourth-order valence-electron chi connectivity index (χ4n) is 1.59. The molecule has 1 aromatic heterocycles. The van der Waals surface area contributed by atoms with Gasteiger partial charge in [-0.15, -0.1) is 0 Å². The minimum Gasteiger partial charge on any atom is -0.261 e. The molecule has 0 radical (unpaired) electrons. The van der Waals surface area contributed by atoms with Gasteiger partial charge in [0.05, 0.1) is 16.8 Å². The van der Waals surface area contributed by atoms with Gasteiger partial charge in [0.15, 0.2) is 0 Å². The number of nitro groups is 1. The Balaban J connectivity index is 2.34. The first-order valence-electron chi connectivity index (χ1n) is 5.46. The van der Waals surface area contributed by atoms with Crippen LogP contribution in [0.1, 0.15) is 18.2 Å². The van der Waals surface area contributed by atoms with Gasteiger partial charge in [0.2, 0.25) is 0 Å². The number of nitrogens with zero attached hydrogens (tertiary/aromatic N) is 3. The van der Waals surface area contributed by atoms with Gasteiger partial charge in [0, 0.05) is 18.5 Å². The molecule has 6 heteroatoms. The summed E-state index contributed by atoms with van der Waals surface area (Å²) in [7, 11) is 0. The van der Waals surface area contributed by atoms with Gasteiger partial charge in [-0.2, -0.15) is 0 Å². The number of rotatable bonds is 3. The van der Waals surface area contributed by atoms with Gasteiger partial charge in [0.25, 0.3) is 5.69 Å². The van der Waals surface area contributed by atoms with E-state index in [2.05, 4.69) is 9.97 Å². The van der Waals surface area contributed by atoms with Gasteiger partial charge in [0.1, 0.15) is 5.02 Å². The van der Waals surface area contributed by atoms with E-state index in [0.29, 0.717) is 0 Å². The van der Waals surface area contributed by atoms with Crippen LogP contribution in [0.4, 0.5) is 5.69 Å². The standard InChI is InChI=1S/C13H10ClN3O2/c1-9(12-8-15-4-5-16-12)6-10-2-3-13(17(18)19)11(14)7-10/h2-8H,1H3/b9-6-. The molecule has 1 aromatic carbocycles. The lowest BCUT2D eigenvalue weighted by molar-refractivity contribution is -0.384. The molecule has 0 aliphatic rings.